The number of nitrogens with one attached hydrogen (secondary N) is 2. The first-order valence-corrected chi connectivity index (χ1v) is 7.28. The Morgan fingerprint density at radius 2 is 2.38 bits per heavy atom. The van der Waals surface area contributed by atoms with E-state index in [1.54, 1.807) is 18.3 Å². The molecule has 7 nitrogen and oxygen atoms in total. The lowest BCUT2D eigenvalue weighted by Crippen LogP contribution is -2.37. The third-order valence-electron chi connectivity index (χ3n) is 3.75. The van der Waals surface area contributed by atoms with Gasteiger partial charge in [-0.1, -0.05) is 6.07 Å². The van der Waals surface area contributed by atoms with Crippen LogP contribution in [0.15, 0.2) is 29.2 Å². The minimum Gasteiger partial charge on any atom is -0.354 e. The zero-order chi connectivity index (χ0) is 14.7. The molecule has 0 aliphatic carbocycles. The van der Waals surface area contributed by atoms with Gasteiger partial charge in [0, 0.05) is 25.2 Å². The number of nitrogens with zero attached hydrogens (tertiary/aromatic N) is 3. The van der Waals surface area contributed by atoms with E-state index in [9.17, 15) is 9.59 Å². The number of fused-ring (bicyclic) bond motifs is 1. The van der Waals surface area contributed by atoms with Crippen molar-refractivity contribution in [1.82, 2.24) is 24.8 Å². The molecule has 0 bridgehead atoms. The number of amides is 1. The molecule has 7 heteroatoms. The van der Waals surface area contributed by atoms with Crippen molar-refractivity contribution in [2.75, 3.05) is 13.1 Å². The molecule has 112 valence electrons. The minimum absolute atomic E-state index is 0.0485. The smallest absolute Gasteiger partial charge is 0.350 e. The molecule has 0 saturated carbocycles. The summed E-state index contributed by atoms with van der Waals surface area (Å²) in [7, 11) is 0. The van der Waals surface area contributed by atoms with Crippen LogP contribution in [0.3, 0.4) is 0 Å². The van der Waals surface area contributed by atoms with E-state index in [0.29, 0.717) is 24.8 Å². The molecular weight excluding hydrogens is 270 g/mol. The zero-order valence-electron chi connectivity index (χ0n) is 11.8. The van der Waals surface area contributed by atoms with Crippen LogP contribution in [0.5, 0.6) is 0 Å². The third-order valence-corrected chi connectivity index (χ3v) is 3.75. The molecule has 21 heavy (non-hydrogen) atoms. The number of rotatable bonds is 5. The van der Waals surface area contributed by atoms with Gasteiger partial charge < -0.3 is 10.6 Å². The van der Waals surface area contributed by atoms with Crippen LogP contribution in [0.2, 0.25) is 0 Å². The standard InChI is InChI=1S/C14H19N5O2/c20-13(16-10-11-4-3-7-15-11)6-9-19-14(21)18-8-2-1-5-12(18)17-19/h1-2,5,8,11,15H,3-4,6-7,9-10H2,(H,16,20). The average Bonchev–Trinajstić information content (AvgIpc) is 3.12. The number of pyridine rings is 1. The van der Waals surface area contributed by atoms with E-state index in [0.717, 1.165) is 19.4 Å². The molecule has 3 rings (SSSR count). The fraction of sp³-hybridized carbons (Fsp3) is 0.500. The van der Waals surface area contributed by atoms with E-state index in [-0.39, 0.29) is 18.0 Å². The first-order valence-electron chi connectivity index (χ1n) is 7.28. The molecule has 1 saturated heterocycles. The van der Waals surface area contributed by atoms with Crippen LogP contribution in [0.1, 0.15) is 19.3 Å². The summed E-state index contributed by atoms with van der Waals surface area (Å²) in [5.41, 5.74) is 0.383. The van der Waals surface area contributed by atoms with Crippen molar-refractivity contribution in [2.45, 2.75) is 31.8 Å². The summed E-state index contributed by atoms with van der Waals surface area (Å²) in [6.45, 7) is 1.97. The van der Waals surface area contributed by atoms with Gasteiger partial charge in [-0.3, -0.25) is 9.20 Å². The summed E-state index contributed by atoms with van der Waals surface area (Å²) in [6.07, 6.45) is 4.20. The Kier molecular flexibility index (Phi) is 4.01. The zero-order valence-corrected chi connectivity index (χ0v) is 11.8. The summed E-state index contributed by atoms with van der Waals surface area (Å²) in [4.78, 5) is 23.8. The van der Waals surface area contributed by atoms with Crippen LogP contribution < -0.4 is 16.3 Å². The van der Waals surface area contributed by atoms with Gasteiger partial charge in [0.1, 0.15) is 0 Å². The SMILES string of the molecule is O=C(CCn1nc2ccccn2c1=O)NCC1CCCN1. The fourth-order valence-electron chi connectivity index (χ4n) is 2.58. The molecule has 3 heterocycles. The van der Waals surface area contributed by atoms with Gasteiger partial charge in [-0.05, 0) is 31.5 Å². The highest BCUT2D eigenvalue weighted by Gasteiger charge is 2.15. The lowest BCUT2D eigenvalue weighted by molar-refractivity contribution is -0.121. The minimum atomic E-state index is -0.212. The molecule has 1 amide bonds. The summed E-state index contributed by atoms with van der Waals surface area (Å²) < 4.78 is 2.81. The Morgan fingerprint density at radius 1 is 1.48 bits per heavy atom. The van der Waals surface area contributed by atoms with Crippen molar-refractivity contribution < 1.29 is 4.79 Å². The quantitative estimate of drug-likeness (QED) is 0.796. The summed E-state index contributed by atoms with van der Waals surface area (Å²) >= 11 is 0. The maximum Gasteiger partial charge on any atom is 0.350 e. The van der Waals surface area contributed by atoms with E-state index >= 15 is 0 Å². The van der Waals surface area contributed by atoms with Gasteiger partial charge >= 0.3 is 5.69 Å². The Morgan fingerprint density at radius 3 is 3.14 bits per heavy atom. The normalized spacial score (nSPS) is 18.2. The summed E-state index contributed by atoms with van der Waals surface area (Å²) in [5.74, 6) is -0.0485. The molecule has 2 N–H and O–H groups in total. The second-order valence-electron chi connectivity index (χ2n) is 5.28. The third kappa shape index (κ3) is 3.13. The van der Waals surface area contributed by atoms with E-state index < -0.39 is 0 Å². The molecular formula is C14H19N5O2. The van der Waals surface area contributed by atoms with Crippen molar-refractivity contribution in [3.63, 3.8) is 0 Å². The van der Waals surface area contributed by atoms with Gasteiger partial charge in [0.05, 0.1) is 6.54 Å². The monoisotopic (exact) mass is 289 g/mol. The number of carbonyl (C=O) groups is 1. The van der Waals surface area contributed by atoms with Crippen molar-refractivity contribution in [1.29, 1.82) is 0 Å². The molecule has 2 aromatic rings. The van der Waals surface area contributed by atoms with Crippen LogP contribution in [0.4, 0.5) is 0 Å². The van der Waals surface area contributed by atoms with Crippen molar-refractivity contribution in [3.05, 3.63) is 34.9 Å². The second-order valence-corrected chi connectivity index (χ2v) is 5.28. The maximum atomic E-state index is 12.0. The largest absolute Gasteiger partial charge is 0.354 e. The van der Waals surface area contributed by atoms with Crippen molar-refractivity contribution in [2.24, 2.45) is 0 Å². The maximum absolute atomic E-state index is 12.0. The Bertz CT molecular complexity index is 684. The molecule has 2 aromatic heterocycles. The Balaban J connectivity index is 1.54. The highest BCUT2D eigenvalue weighted by atomic mass is 16.2. The summed E-state index contributed by atoms with van der Waals surface area (Å²) in [6, 6.07) is 5.76. The van der Waals surface area contributed by atoms with Gasteiger partial charge in [0.15, 0.2) is 5.65 Å². The first-order chi connectivity index (χ1) is 10.2. The number of aryl methyl sites for hydroxylation is 1. The number of hydrogen-bond acceptors (Lipinski definition) is 4. The van der Waals surface area contributed by atoms with Crippen LogP contribution in [0, 0.1) is 0 Å². The predicted octanol–water partition coefficient (Wildman–Crippen LogP) is -0.246. The predicted molar refractivity (Wildman–Crippen MR) is 78.1 cm³/mol. The lowest BCUT2D eigenvalue weighted by Gasteiger charge is -2.11. The van der Waals surface area contributed by atoms with Crippen LogP contribution in [-0.4, -0.2) is 39.2 Å². The topological polar surface area (TPSA) is 80.4 Å². The van der Waals surface area contributed by atoms with Gasteiger partial charge in [-0.2, -0.15) is 0 Å². The van der Waals surface area contributed by atoms with E-state index in [1.165, 1.54) is 9.08 Å². The molecule has 1 aliphatic heterocycles. The lowest BCUT2D eigenvalue weighted by atomic mass is 10.2. The van der Waals surface area contributed by atoms with Crippen molar-refractivity contribution in [3.8, 4) is 0 Å². The van der Waals surface area contributed by atoms with E-state index in [4.69, 9.17) is 0 Å². The average molecular weight is 289 g/mol. The fourth-order valence-corrected chi connectivity index (χ4v) is 2.58. The van der Waals surface area contributed by atoms with Crippen LogP contribution >= 0.6 is 0 Å². The Hall–Kier alpha value is -2.15. The molecule has 1 atom stereocenters. The first kappa shape index (κ1) is 13.8. The molecule has 1 aliphatic rings. The van der Waals surface area contributed by atoms with Crippen molar-refractivity contribution >= 4 is 11.6 Å². The highest BCUT2D eigenvalue weighted by Crippen LogP contribution is 2.03. The Labute approximate surface area is 122 Å². The highest BCUT2D eigenvalue weighted by molar-refractivity contribution is 5.75. The van der Waals surface area contributed by atoms with Crippen LogP contribution in [-0.2, 0) is 11.3 Å². The molecule has 0 spiro atoms. The van der Waals surface area contributed by atoms with E-state index in [1.807, 2.05) is 6.07 Å². The molecule has 1 fully saturated rings. The second kappa shape index (κ2) is 6.09. The number of carbonyl (C=O) groups excluding carboxylic acids is 1. The summed E-state index contributed by atoms with van der Waals surface area (Å²) in [5, 5.41) is 10.4. The number of hydrogen-bond donors (Lipinski definition) is 2. The van der Waals surface area contributed by atoms with Gasteiger partial charge in [-0.25, -0.2) is 9.48 Å². The van der Waals surface area contributed by atoms with Crippen LogP contribution in [0.25, 0.3) is 5.65 Å². The molecule has 1 unspecified atom stereocenters. The van der Waals surface area contributed by atoms with E-state index in [2.05, 4.69) is 15.7 Å². The number of aromatic nitrogens is 3. The molecule has 0 aromatic carbocycles. The van der Waals surface area contributed by atoms with Gasteiger partial charge in [0.25, 0.3) is 0 Å². The molecule has 0 radical (unpaired) electrons. The van der Waals surface area contributed by atoms with Gasteiger partial charge in [-0.15, -0.1) is 5.10 Å². The van der Waals surface area contributed by atoms with Gasteiger partial charge in [0.2, 0.25) is 5.91 Å².